The molecule has 2 nitrogen and oxygen atoms in total. The first-order valence-corrected chi connectivity index (χ1v) is 8.56. The van der Waals surface area contributed by atoms with E-state index in [0.29, 0.717) is 19.3 Å². The minimum absolute atomic E-state index is 0.0876. The number of hydrogen-bond donors (Lipinski definition) is 0. The molecule has 0 aliphatic rings. The lowest BCUT2D eigenvalue weighted by Gasteiger charge is -2.31. The highest BCUT2D eigenvalue weighted by atomic mass is 19.4. The number of alkyl halides is 3. The number of esters is 1. The van der Waals surface area contributed by atoms with Crippen LogP contribution >= 0.6 is 0 Å². The maximum Gasteiger partial charge on any atom is 0.416 e. The van der Waals surface area contributed by atoms with Gasteiger partial charge in [-0.15, -0.1) is 0 Å². The van der Waals surface area contributed by atoms with E-state index in [0.717, 1.165) is 17.7 Å². The van der Waals surface area contributed by atoms with Gasteiger partial charge in [0.2, 0.25) is 0 Å². The van der Waals surface area contributed by atoms with Crippen molar-refractivity contribution >= 4 is 5.97 Å². The van der Waals surface area contributed by atoms with Crippen molar-refractivity contribution in [2.75, 3.05) is 0 Å². The lowest BCUT2D eigenvalue weighted by Crippen LogP contribution is -2.29. The smallest absolute Gasteiger partial charge is 0.416 e. The molecule has 25 heavy (non-hydrogen) atoms. The highest BCUT2D eigenvalue weighted by molar-refractivity contribution is 5.70. The highest BCUT2D eigenvalue weighted by Crippen LogP contribution is 2.34. The monoisotopic (exact) mass is 358 g/mol. The highest BCUT2D eigenvalue weighted by Gasteiger charge is 2.31. The lowest BCUT2D eigenvalue weighted by atomic mass is 9.75. The number of aryl methyl sites for hydroxylation is 1. The van der Waals surface area contributed by atoms with Crippen molar-refractivity contribution in [2.24, 2.45) is 11.3 Å². The van der Waals surface area contributed by atoms with Crippen molar-refractivity contribution in [1.29, 1.82) is 0 Å². The minimum Gasteiger partial charge on any atom is -0.460 e. The third-order valence-electron chi connectivity index (χ3n) is 4.12. The fourth-order valence-electron chi connectivity index (χ4n) is 2.63. The van der Waals surface area contributed by atoms with Gasteiger partial charge in [-0.25, -0.2) is 0 Å². The molecule has 0 radical (unpaired) electrons. The summed E-state index contributed by atoms with van der Waals surface area (Å²) in [6, 6.07) is 5.23. The van der Waals surface area contributed by atoms with Gasteiger partial charge >= 0.3 is 12.1 Å². The summed E-state index contributed by atoms with van der Waals surface area (Å²) >= 11 is 0. The van der Waals surface area contributed by atoms with Gasteiger partial charge in [-0.3, -0.25) is 4.79 Å². The van der Waals surface area contributed by atoms with E-state index in [1.54, 1.807) is 0 Å². The van der Waals surface area contributed by atoms with Gasteiger partial charge in [-0.1, -0.05) is 32.9 Å². The second kappa shape index (κ2) is 7.79. The Bertz CT molecular complexity index is 561. The Kier molecular flexibility index (Phi) is 6.71. The quantitative estimate of drug-likeness (QED) is 0.601. The van der Waals surface area contributed by atoms with Gasteiger partial charge in [0.1, 0.15) is 5.60 Å². The molecule has 0 spiro atoms. The molecule has 0 aromatic heterocycles. The average Bonchev–Trinajstić information content (AvgIpc) is 2.39. The van der Waals surface area contributed by atoms with E-state index in [2.05, 4.69) is 20.8 Å². The fraction of sp³-hybridized carbons (Fsp3) is 0.650. The maximum absolute atomic E-state index is 12.6. The lowest BCUT2D eigenvalue weighted by molar-refractivity contribution is -0.157. The number of benzene rings is 1. The summed E-state index contributed by atoms with van der Waals surface area (Å²) < 4.78 is 43.3. The molecule has 0 fully saturated rings. The molecular formula is C20H29F3O2. The van der Waals surface area contributed by atoms with Crippen molar-refractivity contribution < 1.29 is 22.7 Å². The van der Waals surface area contributed by atoms with Crippen LogP contribution in [0.25, 0.3) is 0 Å². The number of hydrogen-bond acceptors (Lipinski definition) is 2. The van der Waals surface area contributed by atoms with Gasteiger partial charge in [0.05, 0.1) is 5.56 Å². The number of carbonyl (C=O) groups excluding carboxylic acids is 1. The molecule has 1 aromatic carbocycles. The van der Waals surface area contributed by atoms with Gasteiger partial charge < -0.3 is 4.74 Å². The van der Waals surface area contributed by atoms with Crippen LogP contribution in [0.3, 0.4) is 0 Å². The summed E-state index contributed by atoms with van der Waals surface area (Å²) in [7, 11) is 0. The first-order valence-electron chi connectivity index (χ1n) is 8.56. The van der Waals surface area contributed by atoms with Crippen molar-refractivity contribution in [1.82, 2.24) is 0 Å². The average molecular weight is 358 g/mol. The minimum atomic E-state index is -4.32. The van der Waals surface area contributed by atoms with E-state index in [4.69, 9.17) is 4.74 Å². The van der Waals surface area contributed by atoms with E-state index < -0.39 is 17.3 Å². The Morgan fingerprint density at radius 2 is 1.52 bits per heavy atom. The SMILES string of the molecule is CC(C)(C)OC(=O)CC(CCc1ccc(C(F)(F)F)cc1)C(C)(C)C. The number of carbonyl (C=O) groups is 1. The van der Waals surface area contributed by atoms with Crippen LogP contribution < -0.4 is 0 Å². The van der Waals surface area contributed by atoms with E-state index in [1.165, 1.54) is 12.1 Å². The van der Waals surface area contributed by atoms with E-state index in [-0.39, 0.29) is 17.3 Å². The predicted molar refractivity (Wildman–Crippen MR) is 93.2 cm³/mol. The van der Waals surface area contributed by atoms with E-state index in [1.807, 2.05) is 20.8 Å². The first kappa shape index (κ1) is 21.5. The van der Waals surface area contributed by atoms with Crippen LogP contribution in [0.5, 0.6) is 0 Å². The van der Waals surface area contributed by atoms with Crippen LogP contribution in [-0.2, 0) is 22.1 Å². The van der Waals surface area contributed by atoms with Gasteiger partial charge in [0.15, 0.2) is 0 Å². The van der Waals surface area contributed by atoms with E-state index >= 15 is 0 Å². The number of rotatable bonds is 5. The number of ether oxygens (including phenoxy) is 1. The zero-order valence-electron chi connectivity index (χ0n) is 16.0. The molecule has 0 saturated heterocycles. The Balaban J connectivity index is 2.72. The summed E-state index contributed by atoms with van der Waals surface area (Å²) in [5, 5.41) is 0. The third-order valence-corrected chi connectivity index (χ3v) is 4.12. The second-order valence-electron chi connectivity index (χ2n) is 8.59. The molecule has 1 unspecified atom stereocenters. The normalized spacial score (nSPS) is 14.3. The zero-order chi connectivity index (χ0) is 19.5. The largest absolute Gasteiger partial charge is 0.460 e. The van der Waals surface area contributed by atoms with Gasteiger partial charge in [-0.05, 0) is 62.6 Å². The predicted octanol–water partition coefficient (Wildman–Crippen LogP) is 6.03. The number of halogens is 3. The van der Waals surface area contributed by atoms with Gasteiger partial charge in [0, 0.05) is 6.42 Å². The molecule has 1 atom stereocenters. The molecule has 0 heterocycles. The van der Waals surface area contributed by atoms with Gasteiger partial charge in [0.25, 0.3) is 0 Å². The summed E-state index contributed by atoms with van der Waals surface area (Å²) in [6.07, 6.45) is -2.67. The Labute approximate surface area is 148 Å². The molecule has 1 rings (SSSR count). The molecule has 5 heteroatoms. The molecule has 0 aliphatic carbocycles. The van der Waals surface area contributed by atoms with E-state index in [9.17, 15) is 18.0 Å². The molecule has 0 amide bonds. The van der Waals surface area contributed by atoms with Crippen molar-refractivity contribution in [2.45, 2.75) is 72.6 Å². The van der Waals surface area contributed by atoms with Gasteiger partial charge in [-0.2, -0.15) is 13.2 Å². The summed E-state index contributed by atoms with van der Waals surface area (Å²) in [6.45, 7) is 11.7. The molecule has 0 N–H and O–H groups in total. The Morgan fingerprint density at radius 3 is 1.92 bits per heavy atom. The van der Waals surface area contributed by atoms with Crippen LogP contribution in [0.4, 0.5) is 13.2 Å². The standard InChI is InChI=1S/C20H29F3O2/c1-18(2,3)16(13-17(24)25-19(4,5)6)12-9-14-7-10-15(11-8-14)20(21,22)23/h7-8,10-11,16H,9,12-13H2,1-6H3. The molecule has 142 valence electrons. The first-order chi connectivity index (χ1) is 11.2. The van der Waals surface area contributed by atoms with Crippen molar-refractivity contribution in [3.05, 3.63) is 35.4 Å². The van der Waals surface area contributed by atoms with Crippen LogP contribution in [0, 0.1) is 11.3 Å². The summed E-state index contributed by atoms with van der Waals surface area (Å²) in [4.78, 5) is 12.1. The summed E-state index contributed by atoms with van der Waals surface area (Å²) in [5.74, 6) is -0.149. The fourth-order valence-corrected chi connectivity index (χ4v) is 2.63. The zero-order valence-corrected chi connectivity index (χ0v) is 16.0. The van der Waals surface area contributed by atoms with Crippen LogP contribution in [-0.4, -0.2) is 11.6 Å². The third kappa shape index (κ3) is 7.93. The molecule has 0 bridgehead atoms. The van der Waals surface area contributed by atoms with Crippen molar-refractivity contribution in [3.8, 4) is 0 Å². The topological polar surface area (TPSA) is 26.3 Å². The molecule has 1 aromatic rings. The van der Waals surface area contributed by atoms with Crippen LogP contribution in [0.2, 0.25) is 0 Å². The van der Waals surface area contributed by atoms with Crippen LogP contribution in [0.1, 0.15) is 65.5 Å². The Hall–Kier alpha value is -1.52. The molecule has 0 aliphatic heterocycles. The molecule has 0 saturated carbocycles. The maximum atomic E-state index is 12.6. The summed E-state index contributed by atoms with van der Waals surface area (Å²) in [5.41, 5.74) is -0.417. The van der Waals surface area contributed by atoms with Crippen LogP contribution in [0.15, 0.2) is 24.3 Å². The van der Waals surface area contributed by atoms with Crippen molar-refractivity contribution in [3.63, 3.8) is 0 Å². The Morgan fingerprint density at radius 1 is 1.00 bits per heavy atom. The molecular weight excluding hydrogens is 329 g/mol. The second-order valence-corrected chi connectivity index (χ2v) is 8.59.